The number of hydrogen-bond acceptors (Lipinski definition) is 12. The number of aliphatic imine (C=N–C) groups is 3. The number of carboxylic acids is 1. The zero-order valence-corrected chi connectivity index (χ0v) is 30.5. The predicted octanol–water partition coefficient (Wildman–Crippen LogP) is -8.37. The lowest BCUT2D eigenvalue weighted by Gasteiger charge is -2.23. The maximum Gasteiger partial charge on any atom is 0.326 e. The summed E-state index contributed by atoms with van der Waals surface area (Å²) in [5.41, 5.74) is 42.7. The Kier molecular flexibility index (Phi) is 23.2. The normalized spacial score (nSPS) is 13.1. The molecular formula is C29H55N17O9. The van der Waals surface area contributed by atoms with Crippen LogP contribution >= 0.6 is 0 Å². The van der Waals surface area contributed by atoms with Crippen molar-refractivity contribution in [3.8, 4) is 0 Å². The number of primary amides is 1. The number of nitrogens with two attached hydrogens (primary N) is 8. The van der Waals surface area contributed by atoms with Gasteiger partial charge < -0.3 is 82.9 Å². The van der Waals surface area contributed by atoms with E-state index in [-0.39, 0.29) is 69.6 Å². The molecule has 0 saturated heterocycles. The van der Waals surface area contributed by atoms with Crippen molar-refractivity contribution in [2.45, 2.75) is 82.1 Å². The van der Waals surface area contributed by atoms with E-state index in [1.54, 1.807) is 0 Å². The lowest BCUT2D eigenvalue weighted by Crippen LogP contribution is -2.56. The molecule has 0 aliphatic carbocycles. The molecule has 0 aromatic carbocycles. The van der Waals surface area contributed by atoms with E-state index in [2.05, 4.69) is 46.9 Å². The molecule has 0 fully saturated rings. The van der Waals surface area contributed by atoms with Crippen LogP contribution in [0.1, 0.15) is 51.9 Å². The van der Waals surface area contributed by atoms with E-state index in [0.717, 1.165) is 0 Å². The van der Waals surface area contributed by atoms with Gasteiger partial charge in [0.15, 0.2) is 17.9 Å². The van der Waals surface area contributed by atoms with Crippen LogP contribution in [0.15, 0.2) is 15.0 Å². The molecule has 0 aromatic rings. The van der Waals surface area contributed by atoms with E-state index in [4.69, 9.17) is 45.9 Å². The van der Waals surface area contributed by atoms with Crippen LogP contribution < -0.4 is 77.8 Å². The Bertz CT molecular complexity index is 1430. The molecule has 0 aliphatic heterocycles. The smallest absolute Gasteiger partial charge is 0.326 e. The van der Waals surface area contributed by atoms with Crippen molar-refractivity contribution >= 4 is 65.2 Å². The number of nitrogens with one attached hydrogen (secondary N) is 6. The van der Waals surface area contributed by atoms with Gasteiger partial charge in [0.05, 0.1) is 25.6 Å². The van der Waals surface area contributed by atoms with Gasteiger partial charge in [-0.1, -0.05) is 0 Å². The van der Waals surface area contributed by atoms with Crippen molar-refractivity contribution in [2.24, 2.45) is 60.8 Å². The van der Waals surface area contributed by atoms with Gasteiger partial charge in [0.2, 0.25) is 41.4 Å². The first-order valence-electron chi connectivity index (χ1n) is 16.9. The van der Waals surface area contributed by atoms with Crippen LogP contribution in [0.4, 0.5) is 0 Å². The van der Waals surface area contributed by atoms with Crippen molar-refractivity contribution < 1.29 is 43.5 Å². The lowest BCUT2D eigenvalue weighted by atomic mass is 10.1. The number of carbonyl (C=O) groups is 8. The van der Waals surface area contributed by atoms with Crippen molar-refractivity contribution in [2.75, 3.05) is 32.7 Å². The molecule has 0 spiro atoms. The summed E-state index contributed by atoms with van der Waals surface area (Å²) < 4.78 is 0. The molecule has 0 bridgehead atoms. The minimum atomic E-state index is -1.59. The van der Waals surface area contributed by atoms with Crippen molar-refractivity contribution in [1.82, 2.24) is 31.9 Å². The Morgan fingerprint density at radius 1 is 0.545 bits per heavy atom. The van der Waals surface area contributed by atoms with Crippen LogP contribution in [0.2, 0.25) is 0 Å². The number of guanidine groups is 3. The van der Waals surface area contributed by atoms with Crippen molar-refractivity contribution in [3.63, 3.8) is 0 Å². The number of rotatable bonds is 27. The molecule has 0 radical (unpaired) electrons. The fourth-order valence-electron chi connectivity index (χ4n) is 4.36. The summed E-state index contributed by atoms with van der Waals surface area (Å²) in [5, 5.41) is 23.3. The molecule has 5 atom stereocenters. The van der Waals surface area contributed by atoms with Gasteiger partial charge in [0.25, 0.3) is 0 Å². The summed E-state index contributed by atoms with van der Waals surface area (Å²) in [6.07, 6.45) is 0.143. The van der Waals surface area contributed by atoms with Crippen LogP contribution in [0, 0.1) is 0 Å². The Balaban J connectivity index is 5.45. The minimum absolute atomic E-state index is 0.0102. The molecule has 23 N–H and O–H groups in total. The molecule has 55 heavy (non-hydrogen) atoms. The molecule has 26 heteroatoms. The van der Waals surface area contributed by atoms with E-state index in [1.807, 2.05) is 0 Å². The number of nitrogens with zero attached hydrogens (tertiary/aromatic N) is 3. The Morgan fingerprint density at radius 3 is 1.45 bits per heavy atom. The first kappa shape index (κ1) is 48.5. The third-order valence-corrected chi connectivity index (χ3v) is 7.12. The predicted molar refractivity (Wildman–Crippen MR) is 199 cm³/mol. The van der Waals surface area contributed by atoms with Crippen LogP contribution in [0.5, 0.6) is 0 Å². The lowest BCUT2D eigenvalue weighted by molar-refractivity contribution is -0.142. The van der Waals surface area contributed by atoms with E-state index < -0.39 is 97.0 Å². The zero-order valence-electron chi connectivity index (χ0n) is 30.5. The van der Waals surface area contributed by atoms with Crippen molar-refractivity contribution in [3.05, 3.63) is 0 Å². The summed E-state index contributed by atoms with van der Waals surface area (Å²) >= 11 is 0. The van der Waals surface area contributed by atoms with Gasteiger partial charge >= 0.3 is 5.97 Å². The molecule has 0 unspecified atom stereocenters. The highest BCUT2D eigenvalue weighted by Crippen LogP contribution is 2.03. The first-order valence-corrected chi connectivity index (χ1v) is 16.9. The second-order valence-corrected chi connectivity index (χ2v) is 11.9. The highest BCUT2D eigenvalue weighted by Gasteiger charge is 2.29. The van der Waals surface area contributed by atoms with E-state index in [9.17, 15) is 43.5 Å². The zero-order chi connectivity index (χ0) is 42.1. The number of hydrogen-bond donors (Lipinski definition) is 15. The highest BCUT2D eigenvalue weighted by molar-refractivity contribution is 5.97. The number of amides is 7. The fraction of sp³-hybridized carbons (Fsp3) is 0.621. The van der Waals surface area contributed by atoms with Gasteiger partial charge in [-0.25, -0.2) is 4.79 Å². The SMILES string of the molecule is C[C@H](NC(=O)CNC(=O)[C@H](CCCN=C(N)N)NC(=O)[C@H](CC(N)=O)NC(=O)CNC(=O)[C@@H](N)CCCN=C(N)N)C(=O)N[C@@H](CCCN=C(N)N)C(=O)O. The molecule has 0 heterocycles. The van der Waals surface area contributed by atoms with Gasteiger partial charge in [0.1, 0.15) is 24.2 Å². The van der Waals surface area contributed by atoms with Gasteiger partial charge in [0, 0.05) is 19.6 Å². The van der Waals surface area contributed by atoms with Crippen LogP contribution in [0.3, 0.4) is 0 Å². The minimum Gasteiger partial charge on any atom is -0.480 e. The topological polar surface area (TPSA) is 474 Å². The third kappa shape index (κ3) is 23.7. The molecule has 0 rings (SSSR count). The third-order valence-electron chi connectivity index (χ3n) is 7.12. The summed E-state index contributed by atoms with van der Waals surface area (Å²) in [5.74, 6) is -8.01. The molecule has 0 aromatic heterocycles. The average Bonchev–Trinajstić information content (AvgIpc) is 3.09. The second-order valence-electron chi connectivity index (χ2n) is 11.9. The van der Waals surface area contributed by atoms with Crippen LogP contribution in [0.25, 0.3) is 0 Å². The number of aliphatic carboxylic acids is 1. The summed E-state index contributed by atoms with van der Waals surface area (Å²) in [7, 11) is 0. The highest BCUT2D eigenvalue weighted by atomic mass is 16.4. The summed E-state index contributed by atoms with van der Waals surface area (Å²) in [6.45, 7) is 0.364. The average molecular weight is 786 g/mol. The molecule has 7 amide bonds. The van der Waals surface area contributed by atoms with E-state index >= 15 is 0 Å². The number of carbonyl (C=O) groups excluding carboxylic acids is 7. The van der Waals surface area contributed by atoms with Gasteiger partial charge in [-0.2, -0.15) is 0 Å². The van der Waals surface area contributed by atoms with Crippen molar-refractivity contribution in [1.29, 1.82) is 0 Å². The van der Waals surface area contributed by atoms with Gasteiger partial charge in [-0.15, -0.1) is 0 Å². The largest absolute Gasteiger partial charge is 0.480 e. The molecule has 0 saturated carbocycles. The second kappa shape index (κ2) is 26.3. The quantitative estimate of drug-likeness (QED) is 0.0209. The summed E-state index contributed by atoms with van der Waals surface area (Å²) in [6, 6.07) is -6.49. The van der Waals surface area contributed by atoms with Crippen LogP contribution in [-0.2, 0) is 38.4 Å². The maximum absolute atomic E-state index is 13.2. The Labute approximate surface area is 316 Å². The molecular weight excluding hydrogens is 730 g/mol. The maximum atomic E-state index is 13.2. The van der Waals surface area contributed by atoms with E-state index in [1.165, 1.54) is 6.92 Å². The van der Waals surface area contributed by atoms with Crippen LogP contribution in [-0.4, -0.2) is 133 Å². The molecule has 310 valence electrons. The van der Waals surface area contributed by atoms with Gasteiger partial charge in [-0.05, 0) is 45.4 Å². The van der Waals surface area contributed by atoms with E-state index in [0.29, 0.717) is 6.42 Å². The Hall–Kier alpha value is -6.47. The van der Waals surface area contributed by atoms with Gasteiger partial charge in [-0.3, -0.25) is 48.5 Å². The first-order chi connectivity index (χ1) is 25.7. The Morgan fingerprint density at radius 2 is 0.982 bits per heavy atom. The molecule has 26 nitrogen and oxygen atoms in total. The fourth-order valence-corrected chi connectivity index (χ4v) is 4.36. The standard InChI is InChI=1S/C29H55N17O9/c1-14(22(50)46-17(26(54)55)7-4-10-40-29(36)37)43-20(48)12-42-24(52)16(6-3-9-39-28(34)35)45-25(53)18(11-19(31)47)44-21(49)13-41-23(51)15(30)5-2-8-38-27(32)33/h14-18H,2-13,30H2,1H3,(H2,31,47)(H,41,51)(H,42,52)(H,43,48)(H,44,49)(H,45,53)(H,46,50)(H,54,55)(H4,32,33,38)(H4,34,35,39)(H4,36,37,40)/t14-,15-,16-,17-,18-/m0/s1. The summed E-state index contributed by atoms with van der Waals surface area (Å²) in [4.78, 5) is 111. The number of carboxylic acid groups (broad SMARTS) is 1. The molecule has 0 aliphatic rings. The monoisotopic (exact) mass is 785 g/mol.